The Balaban J connectivity index is 1.48. The van der Waals surface area contributed by atoms with E-state index in [9.17, 15) is 9.59 Å². The van der Waals surface area contributed by atoms with Crippen LogP contribution in [-0.2, 0) is 11.4 Å². The molecule has 2 aromatic carbocycles. The van der Waals surface area contributed by atoms with Crippen molar-refractivity contribution in [3.8, 4) is 17.2 Å². The molecule has 0 radical (unpaired) electrons. The maximum Gasteiger partial charge on any atom is 0.265 e. The number of hydrogen-bond acceptors (Lipinski definition) is 6. The van der Waals surface area contributed by atoms with Crippen molar-refractivity contribution in [2.24, 2.45) is 0 Å². The summed E-state index contributed by atoms with van der Waals surface area (Å²) in [6, 6.07) is 13.9. The number of aromatic nitrogens is 1. The Bertz CT molecular complexity index is 1130. The van der Waals surface area contributed by atoms with Gasteiger partial charge in [-0.25, -0.2) is 0 Å². The number of fused-ring (bicyclic) bond motifs is 1. The van der Waals surface area contributed by atoms with Crippen LogP contribution < -0.4 is 24.8 Å². The number of rotatable bonds is 7. The van der Waals surface area contributed by atoms with Crippen LogP contribution in [-0.4, -0.2) is 29.5 Å². The number of benzene rings is 2. The molecule has 0 spiro atoms. The van der Waals surface area contributed by atoms with Crippen LogP contribution >= 0.6 is 0 Å². The summed E-state index contributed by atoms with van der Waals surface area (Å²) in [6.45, 7) is 4.33. The summed E-state index contributed by atoms with van der Waals surface area (Å²) < 4.78 is 17.1. The minimum atomic E-state index is -0.556. The van der Waals surface area contributed by atoms with Crippen molar-refractivity contribution in [3.05, 3.63) is 72.1 Å². The average molecular weight is 433 g/mol. The summed E-state index contributed by atoms with van der Waals surface area (Å²) in [4.78, 5) is 28.6. The second-order valence-electron chi connectivity index (χ2n) is 7.15. The van der Waals surface area contributed by atoms with Crippen molar-refractivity contribution in [3.63, 3.8) is 0 Å². The molecule has 2 N–H and O–H groups in total. The lowest BCUT2D eigenvalue weighted by atomic mass is 10.1. The molecule has 2 heterocycles. The molecule has 0 fully saturated rings. The molecule has 1 unspecified atom stereocenters. The Hall–Kier alpha value is -4.07. The lowest BCUT2D eigenvalue weighted by Crippen LogP contribution is -2.34. The van der Waals surface area contributed by atoms with E-state index in [-0.39, 0.29) is 11.8 Å². The first-order valence-corrected chi connectivity index (χ1v) is 10.2. The van der Waals surface area contributed by atoms with E-state index in [2.05, 4.69) is 15.6 Å². The van der Waals surface area contributed by atoms with Crippen LogP contribution in [0.25, 0.3) is 0 Å². The van der Waals surface area contributed by atoms with E-state index >= 15 is 0 Å². The Morgan fingerprint density at radius 1 is 1.09 bits per heavy atom. The first kappa shape index (κ1) is 21.2. The Kier molecular flexibility index (Phi) is 6.21. The van der Waals surface area contributed by atoms with Gasteiger partial charge in [0.05, 0.1) is 12.3 Å². The molecular formula is C24H23N3O5. The van der Waals surface area contributed by atoms with Gasteiger partial charge in [0.1, 0.15) is 12.4 Å². The predicted octanol–water partition coefficient (Wildman–Crippen LogP) is 4.03. The van der Waals surface area contributed by atoms with Gasteiger partial charge in [0.2, 0.25) is 0 Å². The number of nitrogens with zero attached hydrogens (tertiary/aromatic N) is 1. The normalized spacial score (nSPS) is 14.6. The van der Waals surface area contributed by atoms with Gasteiger partial charge in [0, 0.05) is 23.6 Å². The van der Waals surface area contributed by atoms with Crippen LogP contribution in [0.3, 0.4) is 0 Å². The summed E-state index contributed by atoms with van der Waals surface area (Å²) in [7, 11) is 0. The molecule has 1 aromatic heterocycles. The Morgan fingerprint density at radius 3 is 2.69 bits per heavy atom. The fourth-order valence-electron chi connectivity index (χ4n) is 3.17. The van der Waals surface area contributed by atoms with Crippen molar-refractivity contribution >= 4 is 23.2 Å². The summed E-state index contributed by atoms with van der Waals surface area (Å²) in [6.07, 6.45) is 2.85. The van der Waals surface area contributed by atoms with Crippen molar-refractivity contribution < 1.29 is 23.8 Å². The number of amides is 2. The fraction of sp³-hybridized carbons (Fsp3) is 0.208. The number of pyridine rings is 1. The van der Waals surface area contributed by atoms with E-state index in [1.807, 2.05) is 19.1 Å². The molecule has 1 aliphatic rings. The van der Waals surface area contributed by atoms with E-state index in [0.717, 1.165) is 5.56 Å². The van der Waals surface area contributed by atoms with Gasteiger partial charge in [0.15, 0.2) is 17.6 Å². The minimum Gasteiger partial charge on any atom is -0.490 e. The van der Waals surface area contributed by atoms with E-state index in [0.29, 0.717) is 47.4 Å². The Labute approximate surface area is 185 Å². The molecular weight excluding hydrogens is 410 g/mol. The molecule has 1 atom stereocenters. The summed E-state index contributed by atoms with van der Waals surface area (Å²) in [5, 5.41) is 5.60. The molecule has 2 amide bonds. The lowest BCUT2D eigenvalue weighted by Gasteiger charge is -2.23. The molecule has 32 heavy (non-hydrogen) atoms. The van der Waals surface area contributed by atoms with Crippen LogP contribution in [0.4, 0.5) is 11.4 Å². The van der Waals surface area contributed by atoms with Crippen molar-refractivity contribution in [2.75, 3.05) is 17.2 Å². The zero-order valence-corrected chi connectivity index (χ0v) is 17.8. The molecule has 0 aliphatic carbocycles. The highest BCUT2D eigenvalue weighted by molar-refractivity contribution is 6.05. The summed E-state index contributed by atoms with van der Waals surface area (Å²) in [5.41, 5.74) is 2.43. The number of nitrogens with one attached hydrogen (secondary N) is 2. The molecule has 0 saturated carbocycles. The van der Waals surface area contributed by atoms with E-state index in [1.165, 1.54) is 0 Å². The third-order valence-corrected chi connectivity index (χ3v) is 4.82. The third-order valence-electron chi connectivity index (χ3n) is 4.82. The van der Waals surface area contributed by atoms with Crippen molar-refractivity contribution in [2.45, 2.75) is 26.6 Å². The molecule has 164 valence electrons. The standard InChI is InChI=1S/C24H23N3O5/c1-3-30-22-12-17(4-6-21(22)31-14-16-8-10-25-11-9-16)24(29)26-18-5-7-20-19(13-18)27-23(28)15(2)32-20/h4-13,15H,3,14H2,1-2H3,(H,26,29)(H,27,28). The molecule has 4 rings (SSSR count). The molecule has 3 aromatic rings. The van der Waals surface area contributed by atoms with Crippen LogP contribution in [0.2, 0.25) is 0 Å². The lowest BCUT2D eigenvalue weighted by molar-refractivity contribution is -0.122. The second-order valence-corrected chi connectivity index (χ2v) is 7.15. The third kappa shape index (κ3) is 4.80. The molecule has 1 aliphatic heterocycles. The number of ether oxygens (including phenoxy) is 3. The maximum atomic E-state index is 12.8. The highest BCUT2D eigenvalue weighted by Gasteiger charge is 2.23. The predicted molar refractivity (Wildman–Crippen MR) is 119 cm³/mol. The monoisotopic (exact) mass is 433 g/mol. The number of carbonyl (C=O) groups is 2. The number of carbonyl (C=O) groups excluding carboxylic acids is 2. The van der Waals surface area contributed by atoms with E-state index in [4.69, 9.17) is 14.2 Å². The summed E-state index contributed by atoms with van der Waals surface area (Å²) in [5.74, 6) is 1.04. The van der Waals surface area contributed by atoms with Crippen LogP contribution in [0.1, 0.15) is 29.8 Å². The van der Waals surface area contributed by atoms with Crippen LogP contribution in [0, 0.1) is 0 Å². The van der Waals surface area contributed by atoms with Crippen LogP contribution in [0.5, 0.6) is 17.2 Å². The van der Waals surface area contributed by atoms with Crippen LogP contribution in [0.15, 0.2) is 60.9 Å². The van der Waals surface area contributed by atoms with Crippen molar-refractivity contribution in [1.29, 1.82) is 0 Å². The van der Waals surface area contributed by atoms with Gasteiger partial charge >= 0.3 is 0 Å². The second kappa shape index (κ2) is 9.38. The number of anilines is 2. The molecule has 0 saturated heterocycles. The first-order chi connectivity index (χ1) is 15.5. The highest BCUT2D eigenvalue weighted by atomic mass is 16.5. The molecule has 8 heteroatoms. The van der Waals surface area contributed by atoms with Gasteiger partial charge in [0.25, 0.3) is 11.8 Å². The SMILES string of the molecule is CCOc1cc(C(=O)Nc2ccc3c(c2)NC(=O)C(C)O3)ccc1OCc1ccncc1. The number of hydrogen-bond donors (Lipinski definition) is 2. The van der Waals surface area contributed by atoms with Gasteiger partial charge in [-0.3, -0.25) is 14.6 Å². The van der Waals surface area contributed by atoms with Gasteiger partial charge < -0.3 is 24.8 Å². The van der Waals surface area contributed by atoms with Gasteiger partial charge in [-0.1, -0.05) is 0 Å². The van der Waals surface area contributed by atoms with Gasteiger partial charge in [-0.05, 0) is 67.9 Å². The zero-order valence-electron chi connectivity index (χ0n) is 17.8. The first-order valence-electron chi connectivity index (χ1n) is 10.2. The van der Waals surface area contributed by atoms with Gasteiger partial charge in [-0.2, -0.15) is 0 Å². The smallest absolute Gasteiger partial charge is 0.265 e. The van der Waals surface area contributed by atoms with Gasteiger partial charge in [-0.15, -0.1) is 0 Å². The topological polar surface area (TPSA) is 98.8 Å². The molecule has 0 bridgehead atoms. The highest BCUT2D eigenvalue weighted by Crippen LogP contribution is 2.33. The quantitative estimate of drug-likeness (QED) is 0.584. The van der Waals surface area contributed by atoms with E-state index in [1.54, 1.807) is 55.7 Å². The minimum absolute atomic E-state index is 0.232. The largest absolute Gasteiger partial charge is 0.490 e. The fourth-order valence-corrected chi connectivity index (χ4v) is 3.17. The molecule has 8 nitrogen and oxygen atoms in total. The Morgan fingerprint density at radius 2 is 1.91 bits per heavy atom. The maximum absolute atomic E-state index is 12.8. The van der Waals surface area contributed by atoms with E-state index < -0.39 is 6.10 Å². The average Bonchev–Trinajstić information content (AvgIpc) is 2.80. The summed E-state index contributed by atoms with van der Waals surface area (Å²) >= 11 is 0. The zero-order chi connectivity index (χ0) is 22.5. The van der Waals surface area contributed by atoms with Crippen molar-refractivity contribution in [1.82, 2.24) is 4.98 Å².